The highest BCUT2D eigenvalue weighted by Crippen LogP contribution is 2.49. The summed E-state index contributed by atoms with van der Waals surface area (Å²) in [5.41, 5.74) is 19.6. The first-order chi connectivity index (χ1) is 56.1. The summed E-state index contributed by atoms with van der Waals surface area (Å²) >= 11 is 0. The molecular formula is C112H86O. The molecule has 1 nitrogen and oxygen atoms in total. The Morgan fingerprint density at radius 2 is 0.389 bits per heavy atom. The van der Waals surface area contributed by atoms with Gasteiger partial charge in [-0.05, 0) is 222 Å². The molecule has 0 bridgehead atoms. The lowest BCUT2D eigenvalue weighted by molar-refractivity contribution is 0.669. The Balaban J connectivity index is 0.000000119. The Bertz CT molecular complexity index is 7060. The zero-order chi connectivity index (χ0) is 76.7. The average molecular weight is 1450 g/mol. The van der Waals surface area contributed by atoms with E-state index in [4.69, 9.17) is 4.42 Å². The standard InChI is InChI=1S/C40H26.C34H22.C32H20O.3C2H6/c1-3-11-31-25-33(23-19-27(31)9-1)29-17-21-30(22-18-29)39-35-13-5-7-15-37(35)40(38-16-8-6-14-36(38)39)34-24-20-28-10-2-4-12-32(28)26-34;1-2-12-25-22-26(21-20-23(25)10-1)33-29-15-5-7-17-31(29)34(32-18-8-6-16-30(32)33)28-19-9-13-24-11-3-4-14-27(24)28;1-2-10-21(11-3-1)31-24-13-4-6-15-26(24)32(27-16-7-5-14-25(27)31)22-18-19-30-28(20-22)23-12-8-9-17-29(23)33-30;3*1-2/h1-26H;1-22H;1-20H;3*1-2H3. The number of rotatable bonds is 7. The molecule has 0 saturated heterocycles. The molecule has 22 rings (SSSR count). The van der Waals surface area contributed by atoms with Crippen LogP contribution in [-0.4, -0.2) is 0 Å². The van der Waals surface area contributed by atoms with Gasteiger partial charge in [-0.15, -0.1) is 0 Å². The molecule has 0 aliphatic heterocycles. The van der Waals surface area contributed by atoms with Gasteiger partial charge in [0, 0.05) is 10.8 Å². The second-order valence-electron chi connectivity index (χ2n) is 28.0. The highest BCUT2D eigenvalue weighted by molar-refractivity contribution is 6.26. The Labute approximate surface area is 661 Å². The van der Waals surface area contributed by atoms with Crippen LogP contribution >= 0.6 is 0 Å². The highest BCUT2D eigenvalue weighted by atomic mass is 16.3. The molecule has 21 aromatic carbocycles. The van der Waals surface area contributed by atoms with Crippen LogP contribution in [0.4, 0.5) is 0 Å². The second-order valence-corrected chi connectivity index (χ2v) is 28.0. The SMILES string of the molecule is CC.CC.CC.c1ccc(-c2c3ccccc3c(-c3ccc4oc5ccccc5c4c3)c3ccccc23)cc1.c1ccc2cc(-c3c4ccccc4c(-c4cccc5ccccc45)c4ccccc34)ccc2c1.c1ccc2cc(-c3ccc(-c4c5ccccc5c(-c5ccc6ccccc6c5)c5ccccc45)cc3)ccc2c1. The molecule has 0 fully saturated rings. The van der Waals surface area contributed by atoms with Crippen LogP contribution in [0.25, 0.3) is 208 Å². The first-order valence-corrected chi connectivity index (χ1v) is 39.9. The maximum Gasteiger partial charge on any atom is 0.135 e. The predicted molar refractivity (Wildman–Crippen MR) is 494 cm³/mol. The quantitative estimate of drug-likeness (QED) is 0.145. The second kappa shape index (κ2) is 32.3. The molecule has 1 heterocycles. The number of fused-ring (bicyclic) bond motifs is 13. The summed E-state index contributed by atoms with van der Waals surface area (Å²) in [6.07, 6.45) is 0. The molecule has 113 heavy (non-hydrogen) atoms. The van der Waals surface area contributed by atoms with E-state index >= 15 is 0 Å². The van der Waals surface area contributed by atoms with Crippen LogP contribution in [0, 0.1) is 0 Å². The fraction of sp³-hybridized carbons (Fsp3) is 0.0536. The lowest BCUT2D eigenvalue weighted by Crippen LogP contribution is -1.91. The van der Waals surface area contributed by atoms with Crippen molar-refractivity contribution in [2.75, 3.05) is 0 Å². The van der Waals surface area contributed by atoms with Gasteiger partial charge in [0.2, 0.25) is 0 Å². The molecule has 540 valence electrons. The minimum atomic E-state index is 0.925. The molecule has 0 aliphatic carbocycles. The third-order valence-electron chi connectivity index (χ3n) is 21.9. The molecule has 0 spiro atoms. The first kappa shape index (κ1) is 71.9. The van der Waals surface area contributed by atoms with E-state index in [2.05, 4.69) is 400 Å². The number of furan rings is 1. The summed E-state index contributed by atoms with van der Waals surface area (Å²) < 4.78 is 6.10. The molecule has 22 aromatic rings. The number of benzene rings is 21. The molecule has 0 aliphatic rings. The minimum Gasteiger partial charge on any atom is -0.456 e. The van der Waals surface area contributed by atoms with Crippen LogP contribution in [0.15, 0.2) is 417 Å². The van der Waals surface area contributed by atoms with Crippen LogP contribution in [0.1, 0.15) is 41.5 Å². The van der Waals surface area contributed by atoms with E-state index in [1.54, 1.807) is 0 Å². The molecule has 0 radical (unpaired) electrons. The fourth-order valence-electron chi connectivity index (χ4n) is 17.0. The van der Waals surface area contributed by atoms with E-state index in [1.807, 2.05) is 53.7 Å². The molecule has 0 atom stereocenters. The van der Waals surface area contributed by atoms with E-state index in [0.717, 1.165) is 21.9 Å². The van der Waals surface area contributed by atoms with Gasteiger partial charge in [-0.25, -0.2) is 0 Å². The number of hydrogen-bond donors (Lipinski definition) is 0. The van der Waals surface area contributed by atoms with Gasteiger partial charge in [0.25, 0.3) is 0 Å². The minimum absolute atomic E-state index is 0.925. The van der Waals surface area contributed by atoms with Crippen molar-refractivity contribution >= 4 is 130 Å². The smallest absolute Gasteiger partial charge is 0.135 e. The van der Waals surface area contributed by atoms with Crippen LogP contribution in [-0.2, 0) is 0 Å². The summed E-state index contributed by atoms with van der Waals surface area (Å²) in [5.74, 6) is 0. The van der Waals surface area contributed by atoms with Crippen LogP contribution < -0.4 is 0 Å². The monoisotopic (exact) mass is 1450 g/mol. The van der Waals surface area contributed by atoms with Crippen molar-refractivity contribution in [3.8, 4) is 77.9 Å². The zero-order valence-electron chi connectivity index (χ0n) is 64.7. The average Bonchev–Trinajstić information content (AvgIpc) is 1.13. The van der Waals surface area contributed by atoms with Gasteiger partial charge >= 0.3 is 0 Å². The molecule has 1 aromatic heterocycles. The van der Waals surface area contributed by atoms with Crippen molar-refractivity contribution in [3.63, 3.8) is 0 Å². The van der Waals surface area contributed by atoms with Crippen LogP contribution in [0.2, 0.25) is 0 Å². The molecular weight excluding hydrogens is 1360 g/mol. The maximum atomic E-state index is 6.10. The normalized spacial score (nSPS) is 11.1. The summed E-state index contributed by atoms with van der Waals surface area (Å²) in [6, 6.07) is 149. The van der Waals surface area contributed by atoms with E-state index < -0.39 is 0 Å². The Kier molecular flexibility index (Phi) is 20.6. The van der Waals surface area contributed by atoms with Crippen molar-refractivity contribution in [2.24, 2.45) is 0 Å². The molecule has 0 unspecified atom stereocenters. The van der Waals surface area contributed by atoms with Gasteiger partial charge in [0.1, 0.15) is 11.2 Å². The number of para-hydroxylation sites is 1. The molecule has 0 N–H and O–H groups in total. The summed E-state index contributed by atoms with van der Waals surface area (Å²) in [7, 11) is 0. The largest absolute Gasteiger partial charge is 0.456 e. The maximum absolute atomic E-state index is 6.10. The van der Waals surface area contributed by atoms with Gasteiger partial charge in [-0.3, -0.25) is 0 Å². The summed E-state index contributed by atoms with van der Waals surface area (Å²) in [4.78, 5) is 0. The molecule has 1 heteroatoms. The topological polar surface area (TPSA) is 13.1 Å². The van der Waals surface area contributed by atoms with Crippen molar-refractivity contribution in [2.45, 2.75) is 41.5 Å². The third-order valence-corrected chi connectivity index (χ3v) is 21.9. The lowest BCUT2D eigenvalue weighted by atomic mass is 9.84. The van der Waals surface area contributed by atoms with E-state index in [-0.39, 0.29) is 0 Å². The van der Waals surface area contributed by atoms with Gasteiger partial charge in [0.15, 0.2) is 0 Å². The molecule has 0 amide bonds. The third kappa shape index (κ3) is 13.5. The predicted octanol–water partition coefficient (Wildman–Crippen LogP) is 33.2. The Hall–Kier alpha value is -14.0. The van der Waals surface area contributed by atoms with Crippen molar-refractivity contribution in [1.82, 2.24) is 0 Å². The highest BCUT2D eigenvalue weighted by Gasteiger charge is 2.22. The van der Waals surface area contributed by atoms with Gasteiger partial charge in [-0.1, -0.05) is 418 Å². The summed E-state index contributed by atoms with van der Waals surface area (Å²) in [6.45, 7) is 12.0. The van der Waals surface area contributed by atoms with Crippen LogP contribution in [0.5, 0.6) is 0 Å². The van der Waals surface area contributed by atoms with E-state index in [1.165, 1.54) is 186 Å². The van der Waals surface area contributed by atoms with Crippen molar-refractivity contribution in [1.29, 1.82) is 0 Å². The lowest BCUT2D eigenvalue weighted by Gasteiger charge is -2.19. The van der Waals surface area contributed by atoms with E-state index in [9.17, 15) is 0 Å². The van der Waals surface area contributed by atoms with Gasteiger partial charge < -0.3 is 4.42 Å². The Morgan fingerprint density at radius 1 is 0.133 bits per heavy atom. The first-order valence-electron chi connectivity index (χ1n) is 39.9. The van der Waals surface area contributed by atoms with Gasteiger partial charge in [-0.2, -0.15) is 0 Å². The fourth-order valence-corrected chi connectivity index (χ4v) is 17.0. The zero-order valence-corrected chi connectivity index (χ0v) is 64.7. The van der Waals surface area contributed by atoms with E-state index in [0.29, 0.717) is 0 Å². The number of hydrogen-bond acceptors (Lipinski definition) is 1. The molecule has 0 saturated carbocycles. The summed E-state index contributed by atoms with van der Waals surface area (Å²) in [5, 5.41) is 27.9. The van der Waals surface area contributed by atoms with Gasteiger partial charge in [0.05, 0.1) is 0 Å². The van der Waals surface area contributed by atoms with Crippen molar-refractivity contribution in [3.05, 3.63) is 413 Å². The van der Waals surface area contributed by atoms with Crippen LogP contribution in [0.3, 0.4) is 0 Å². The van der Waals surface area contributed by atoms with Crippen molar-refractivity contribution < 1.29 is 4.42 Å². The Morgan fingerprint density at radius 3 is 0.805 bits per heavy atom.